The summed E-state index contributed by atoms with van der Waals surface area (Å²) < 4.78 is 13.5. The van der Waals surface area contributed by atoms with Crippen LogP contribution in [-0.2, 0) is 35.2 Å². The highest BCUT2D eigenvalue weighted by Crippen LogP contribution is 2.59. The van der Waals surface area contributed by atoms with Gasteiger partial charge >= 0.3 is 5.97 Å². The lowest BCUT2D eigenvalue weighted by atomic mass is 9.74. The number of rotatable bonds is 7. The van der Waals surface area contributed by atoms with Crippen molar-refractivity contribution in [1.82, 2.24) is 15.1 Å². The zero-order valence-corrected chi connectivity index (χ0v) is 29.6. The van der Waals surface area contributed by atoms with Crippen molar-refractivity contribution in [3.05, 3.63) is 94.5 Å². The fourth-order valence-electron chi connectivity index (χ4n) is 7.87. The number of hydrogen-bond acceptors (Lipinski definition) is 7. The minimum absolute atomic E-state index is 0.108. The van der Waals surface area contributed by atoms with Crippen LogP contribution in [0, 0.1) is 17.8 Å². The first-order valence-electron chi connectivity index (χ1n) is 17.1. The highest BCUT2D eigenvalue weighted by molar-refractivity contribution is 9.11. The van der Waals surface area contributed by atoms with Crippen LogP contribution in [0.1, 0.15) is 57.3 Å². The molecule has 0 radical (unpaired) electrons. The van der Waals surface area contributed by atoms with Crippen molar-refractivity contribution in [3.8, 4) is 0 Å². The molecule has 0 unspecified atom stereocenters. The van der Waals surface area contributed by atoms with Gasteiger partial charge in [-0.25, -0.2) is 0 Å². The summed E-state index contributed by atoms with van der Waals surface area (Å²) in [4.78, 5) is 60.4. The number of carbonyl (C=O) groups excluding carboxylic acids is 4. The van der Waals surface area contributed by atoms with E-state index in [2.05, 4.69) is 21.2 Å². The van der Waals surface area contributed by atoms with E-state index in [4.69, 9.17) is 9.47 Å². The number of fused-ring (bicyclic) bond motifs is 2. The third-order valence-electron chi connectivity index (χ3n) is 9.99. The monoisotopic (exact) mass is 733 g/mol. The molecule has 2 aromatic rings. The van der Waals surface area contributed by atoms with Crippen LogP contribution < -0.4 is 5.32 Å². The van der Waals surface area contributed by atoms with Gasteiger partial charge in [0, 0.05) is 24.0 Å². The van der Waals surface area contributed by atoms with Crippen molar-refractivity contribution in [3.63, 3.8) is 0 Å². The Hall–Kier alpha value is -3.80. The number of likely N-dealkylation sites (tertiary alicyclic amines) is 1. The summed E-state index contributed by atoms with van der Waals surface area (Å²) in [6.45, 7) is 5.91. The Labute approximate surface area is 295 Å². The fourth-order valence-corrected chi connectivity index (χ4v) is 8.61. The summed E-state index contributed by atoms with van der Waals surface area (Å²) in [5, 5.41) is 13.7. The van der Waals surface area contributed by atoms with Gasteiger partial charge in [-0.15, -0.1) is 0 Å². The molecule has 8 atom stereocenters. The Bertz CT molecular complexity index is 1620. The van der Waals surface area contributed by atoms with Crippen molar-refractivity contribution in [2.24, 2.45) is 17.8 Å². The molecule has 6 rings (SSSR count). The van der Waals surface area contributed by atoms with Crippen LogP contribution in [-0.4, -0.2) is 81.6 Å². The van der Waals surface area contributed by atoms with Gasteiger partial charge in [-0.2, -0.15) is 0 Å². The molecule has 260 valence electrons. The molecule has 49 heavy (non-hydrogen) atoms. The molecule has 2 N–H and O–H groups in total. The van der Waals surface area contributed by atoms with Crippen molar-refractivity contribution in [2.45, 2.75) is 82.5 Å². The van der Waals surface area contributed by atoms with E-state index in [1.165, 1.54) is 4.90 Å². The van der Waals surface area contributed by atoms with E-state index in [1.807, 2.05) is 86.7 Å². The minimum Gasteiger partial charge on any atom is -0.455 e. The molecule has 0 aliphatic carbocycles. The van der Waals surface area contributed by atoms with Gasteiger partial charge in [0.1, 0.15) is 29.8 Å². The molecule has 10 nitrogen and oxygen atoms in total. The van der Waals surface area contributed by atoms with Crippen LogP contribution in [0.3, 0.4) is 0 Å². The van der Waals surface area contributed by atoms with E-state index in [0.29, 0.717) is 22.9 Å². The third kappa shape index (κ3) is 6.72. The van der Waals surface area contributed by atoms with Crippen molar-refractivity contribution in [1.29, 1.82) is 0 Å². The predicted molar refractivity (Wildman–Crippen MR) is 186 cm³/mol. The third-order valence-corrected chi connectivity index (χ3v) is 10.7. The summed E-state index contributed by atoms with van der Waals surface area (Å²) in [5.41, 5.74) is 0.118. The van der Waals surface area contributed by atoms with Crippen molar-refractivity contribution < 1.29 is 33.8 Å². The quantitative estimate of drug-likeness (QED) is 0.319. The molecule has 1 spiro atoms. The first-order chi connectivity index (χ1) is 23.6. The number of carbonyl (C=O) groups is 4. The molecular formula is C38H44BrN3O7. The number of esters is 1. The van der Waals surface area contributed by atoms with Gasteiger partial charge in [0.2, 0.25) is 17.7 Å². The first kappa shape index (κ1) is 35.0. The molecule has 4 aliphatic heterocycles. The standard InChI is InChI=1S/C38H44BrN3O7/c1-23(2)19-27(22-43)42-34-36(46)41(21-25-13-7-4-8-14-25)18-12-6-11-17-29(44)40-24(3)32(26-15-9-5-10-16-26)48-37(47)30-31(35(42)45)38(34)20-28(39)33(30)49-38/h4-10,12-16,20,23-24,27,30-34,43H,11,17-19,21-22H2,1-3H3,(H,40,44)/b12-6-/t24-,27-,30+,31-,32+,33+,34+,38-/m1/s1. The lowest BCUT2D eigenvalue weighted by molar-refractivity contribution is -0.162. The number of benzene rings is 2. The molecule has 11 heteroatoms. The lowest BCUT2D eigenvalue weighted by Crippen LogP contribution is -2.58. The number of ether oxygens (including phenoxy) is 2. The van der Waals surface area contributed by atoms with Gasteiger partial charge in [-0.1, -0.05) is 103 Å². The van der Waals surface area contributed by atoms with E-state index in [1.54, 1.807) is 17.9 Å². The maximum Gasteiger partial charge on any atom is 0.313 e. The maximum absolute atomic E-state index is 15.0. The zero-order valence-electron chi connectivity index (χ0n) is 28.0. The van der Waals surface area contributed by atoms with E-state index >= 15 is 4.79 Å². The van der Waals surface area contributed by atoms with Gasteiger partial charge in [-0.05, 0) is 42.9 Å². The number of aliphatic hydroxyl groups is 1. The molecule has 5 bridgehead atoms. The second-order valence-corrected chi connectivity index (χ2v) is 14.8. The number of halogens is 1. The number of nitrogens with one attached hydrogen (secondary N) is 1. The second kappa shape index (κ2) is 14.6. The Morgan fingerprint density at radius 3 is 2.35 bits per heavy atom. The Kier molecular flexibility index (Phi) is 10.4. The van der Waals surface area contributed by atoms with Gasteiger partial charge < -0.3 is 29.7 Å². The molecule has 2 saturated heterocycles. The highest BCUT2D eigenvalue weighted by Gasteiger charge is 2.75. The molecule has 0 aromatic heterocycles. The van der Waals surface area contributed by atoms with E-state index in [-0.39, 0.29) is 43.8 Å². The smallest absolute Gasteiger partial charge is 0.313 e. The first-order valence-corrected chi connectivity index (χ1v) is 17.9. The van der Waals surface area contributed by atoms with Gasteiger partial charge in [0.15, 0.2) is 0 Å². The average molecular weight is 735 g/mol. The number of hydrogen-bond donors (Lipinski definition) is 2. The SMILES string of the molecule is CC(C)C[C@H](CO)N1C(=O)[C@H]2[C@@H]3C(=O)O[C@H](c4ccccc4)[C@@H](C)NC(=O)CC/C=C\CN(Cc4ccccc4)C(=O)[C@H]1[C@@]21C=C(Br)[C@@H]3O1. The normalized spacial score (nSPS) is 31.8. The van der Waals surface area contributed by atoms with Gasteiger partial charge in [0.05, 0.1) is 24.6 Å². The predicted octanol–water partition coefficient (Wildman–Crippen LogP) is 4.43. The highest BCUT2D eigenvalue weighted by atomic mass is 79.9. The van der Waals surface area contributed by atoms with Crippen LogP contribution in [0.25, 0.3) is 0 Å². The maximum atomic E-state index is 15.0. The molecule has 2 aromatic carbocycles. The second-order valence-electron chi connectivity index (χ2n) is 13.9. The minimum atomic E-state index is -1.47. The van der Waals surface area contributed by atoms with Crippen molar-refractivity contribution >= 4 is 39.6 Å². The van der Waals surface area contributed by atoms with Gasteiger partial charge in [0.25, 0.3) is 0 Å². The van der Waals surface area contributed by atoms with Crippen LogP contribution >= 0.6 is 15.9 Å². The summed E-state index contributed by atoms with van der Waals surface area (Å²) >= 11 is 3.62. The van der Waals surface area contributed by atoms with E-state index in [0.717, 1.165) is 5.56 Å². The Balaban J connectivity index is 1.47. The van der Waals surface area contributed by atoms with E-state index < -0.39 is 59.6 Å². The largest absolute Gasteiger partial charge is 0.455 e. The molecule has 3 amide bonds. The molecular weight excluding hydrogens is 690 g/mol. The molecule has 2 fully saturated rings. The average Bonchev–Trinajstić information content (AvgIpc) is 3.68. The van der Waals surface area contributed by atoms with E-state index in [9.17, 15) is 19.5 Å². The summed E-state index contributed by atoms with van der Waals surface area (Å²) in [6.07, 6.45) is 4.92. The van der Waals surface area contributed by atoms with Gasteiger partial charge in [-0.3, -0.25) is 19.2 Å². The summed E-state index contributed by atoms with van der Waals surface area (Å²) in [5.74, 6) is -3.66. The molecule has 4 aliphatic rings. The lowest BCUT2D eigenvalue weighted by Gasteiger charge is -2.39. The number of amides is 3. The number of aliphatic hydroxyl groups excluding tert-OH is 1. The summed E-state index contributed by atoms with van der Waals surface area (Å²) in [7, 11) is 0. The van der Waals surface area contributed by atoms with Crippen LogP contribution in [0.15, 0.2) is 83.4 Å². The zero-order chi connectivity index (χ0) is 34.9. The van der Waals surface area contributed by atoms with Crippen LogP contribution in [0.4, 0.5) is 0 Å². The number of nitrogens with zero attached hydrogens (tertiary/aromatic N) is 2. The van der Waals surface area contributed by atoms with Crippen LogP contribution in [0.2, 0.25) is 0 Å². The number of cyclic esters (lactones) is 1. The number of allylic oxidation sites excluding steroid dienone is 1. The Morgan fingerprint density at radius 1 is 0.980 bits per heavy atom. The van der Waals surface area contributed by atoms with Crippen LogP contribution in [0.5, 0.6) is 0 Å². The molecule has 4 heterocycles. The van der Waals surface area contributed by atoms with Crippen molar-refractivity contribution in [2.75, 3.05) is 13.2 Å². The molecule has 0 saturated carbocycles. The topological polar surface area (TPSA) is 125 Å². The summed E-state index contributed by atoms with van der Waals surface area (Å²) in [6, 6.07) is 16.4. The fraction of sp³-hybridized carbons (Fsp3) is 0.474. The Morgan fingerprint density at radius 2 is 1.67 bits per heavy atom.